The lowest BCUT2D eigenvalue weighted by Gasteiger charge is -2.34. The van der Waals surface area contributed by atoms with E-state index in [-0.39, 0.29) is 30.9 Å². The first-order chi connectivity index (χ1) is 14.7. The number of aromatic nitrogens is 4. The van der Waals surface area contributed by atoms with Crippen LogP contribution in [-0.4, -0.2) is 47.0 Å². The SMILES string of the molecule is COc1ccc(C2NCCCC2NCc2cc(-n3nnnc3C)ccc2OC)cc1.Cl.Cl. The maximum absolute atomic E-state index is 5.59. The Morgan fingerprint density at radius 1 is 1.09 bits per heavy atom. The van der Waals surface area contributed by atoms with Gasteiger partial charge in [0, 0.05) is 24.2 Å². The zero-order chi connectivity index (χ0) is 20.9. The summed E-state index contributed by atoms with van der Waals surface area (Å²) in [4.78, 5) is 0. The summed E-state index contributed by atoms with van der Waals surface area (Å²) in [6, 6.07) is 14.9. The number of piperidine rings is 1. The predicted molar refractivity (Wildman–Crippen MR) is 129 cm³/mol. The highest BCUT2D eigenvalue weighted by Crippen LogP contribution is 2.27. The van der Waals surface area contributed by atoms with Crippen molar-refractivity contribution in [1.29, 1.82) is 0 Å². The minimum absolute atomic E-state index is 0. The lowest BCUT2D eigenvalue weighted by Crippen LogP contribution is -2.45. The number of halogens is 2. The summed E-state index contributed by atoms with van der Waals surface area (Å²) < 4.78 is 12.6. The number of methoxy groups -OCH3 is 2. The lowest BCUT2D eigenvalue weighted by atomic mass is 9.92. The molecule has 2 heterocycles. The normalized spacial score (nSPS) is 17.7. The smallest absolute Gasteiger partial charge is 0.153 e. The molecule has 2 N–H and O–H groups in total. The lowest BCUT2D eigenvalue weighted by molar-refractivity contribution is 0.302. The number of nitrogens with one attached hydrogen (secondary N) is 2. The minimum Gasteiger partial charge on any atom is -0.497 e. The van der Waals surface area contributed by atoms with E-state index >= 15 is 0 Å². The Hall–Kier alpha value is -2.39. The highest BCUT2D eigenvalue weighted by atomic mass is 35.5. The summed E-state index contributed by atoms with van der Waals surface area (Å²) in [5.74, 6) is 2.47. The molecule has 0 spiro atoms. The van der Waals surface area contributed by atoms with Crippen LogP contribution in [-0.2, 0) is 6.54 Å². The Labute approximate surface area is 200 Å². The Morgan fingerprint density at radius 3 is 2.53 bits per heavy atom. The molecular weight excluding hydrogens is 451 g/mol. The summed E-state index contributed by atoms with van der Waals surface area (Å²) in [5.41, 5.74) is 3.26. The van der Waals surface area contributed by atoms with Gasteiger partial charge >= 0.3 is 0 Å². The van der Waals surface area contributed by atoms with E-state index in [1.807, 2.05) is 31.2 Å². The number of benzene rings is 2. The van der Waals surface area contributed by atoms with Gasteiger partial charge in [0.15, 0.2) is 5.82 Å². The van der Waals surface area contributed by atoms with Crippen molar-refractivity contribution in [3.63, 3.8) is 0 Å². The third-order valence-corrected chi connectivity index (χ3v) is 5.62. The fourth-order valence-electron chi connectivity index (χ4n) is 4.02. The van der Waals surface area contributed by atoms with Crippen LogP contribution in [0.2, 0.25) is 0 Å². The van der Waals surface area contributed by atoms with E-state index in [1.165, 1.54) is 5.56 Å². The molecule has 4 rings (SSSR count). The first-order valence-electron chi connectivity index (χ1n) is 10.2. The van der Waals surface area contributed by atoms with E-state index in [1.54, 1.807) is 18.9 Å². The molecule has 1 saturated heterocycles. The van der Waals surface area contributed by atoms with Gasteiger partial charge in [0.25, 0.3) is 0 Å². The van der Waals surface area contributed by atoms with Gasteiger partial charge in [0.05, 0.1) is 19.9 Å². The topological polar surface area (TPSA) is 86.1 Å². The van der Waals surface area contributed by atoms with Crippen molar-refractivity contribution in [2.24, 2.45) is 0 Å². The Balaban J connectivity index is 0.00000181. The second-order valence-corrected chi connectivity index (χ2v) is 7.47. The van der Waals surface area contributed by atoms with E-state index in [0.717, 1.165) is 48.0 Å². The maximum Gasteiger partial charge on any atom is 0.153 e. The first kappa shape index (κ1) is 25.9. The molecule has 0 saturated carbocycles. The van der Waals surface area contributed by atoms with Gasteiger partial charge in [0.1, 0.15) is 11.5 Å². The molecule has 0 bridgehead atoms. The molecule has 2 aromatic carbocycles. The van der Waals surface area contributed by atoms with Crippen LogP contribution in [0.3, 0.4) is 0 Å². The summed E-state index contributed by atoms with van der Waals surface area (Å²) in [6.45, 7) is 3.60. The monoisotopic (exact) mass is 480 g/mol. The van der Waals surface area contributed by atoms with Crippen LogP contribution < -0.4 is 20.1 Å². The average Bonchev–Trinajstić information content (AvgIpc) is 3.23. The van der Waals surface area contributed by atoms with Gasteiger partial charge in [0.2, 0.25) is 0 Å². The summed E-state index contributed by atoms with van der Waals surface area (Å²) in [6.07, 6.45) is 2.25. The van der Waals surface area contributed by atoms with Crippen LogP contribution in [0, 0.1) is 6.92 Å². The third-order valence-electron chi connectivity index (χ3n) is 5.62. The molecule has 1 fully saturated rings. The van der Waals surface area contributed by atoms with E-state index < -0.39 is 0 Å². The number of tetrazole rings is 1. The van der Waals surface area contributed by atoms with Crippen molar-refractivity contribution in [2.45, 2.75) is 38.4 Å². The number of rotatable bonds is 7. The Morgan fingerprint density at radius 2 is 1.88 bits per heavy atom. The number of nitrogens with zero attached hydrogens (tertiary/aromatic N) is 4. The number of hydrogen-bond donors (Lipinski definition) is 2. The molecule has 0 radical (unpaired) electrons. The fraction of sp³-hybridized carbons (Fsp3) is 0.409. The number of aryl methyl sites for hydroxylation is 1. The van der Waals surface area contributed by atoms with Crippen LogP contribution in [0.15, 0.2) is 42.5 Å². The summed E-state index contributed by atoms with van der Waals surface area (Å²) >= 11 is 0. The van der Waals surface area contributed by atoms with Crippen molar-refractivity contribution in [3.05, 3.63) is 59.4 Å². The van der Waals surface area contributed by atoms with Gasteiger partial charge in [-0.05, 0) is 72.6 Å². The molecule has 10 heteroatoms. The molecule has 2 atom stereocenters. The zero-order valence-corrected chi connectivity index (χ0v) is 20.1. The van der Waals surface area contributed by atoms with Crippen molar-refractivity contribution in [2.75, 3.05) is 20.8 Å². The van der Waals surface area contributed by atoms with Crippen LogP contribution in [0.4, 0.5) is 0 Å². The van der Waals surface area contributed by atoms with Gasteiger partial charge in [-0.3, -0.25) is 0 Å². The van der Waals surface area contributed by atoms with E-state index in [9.17, 15) is 0 Å². The van der Waals surface area contributed by atoms with Crippen LogP contribution in [0.25, 0.3) is 5.69 Å². The predicted octanol–water partition coefficient (Wildman–Crippen LogP) is 3.41. The molecule has 1 aromatic heterocycles. The second kappa shape index (κ2) is 12.0. The molecule has 2 unspecified atom stereocenters. The second-order valence-electron chi connectivity index (χ2n) is 7.47. The molecule has 0 aliphatic carbocycles. The van der Waals surface area contributed by atoms with Crippen LogP contribution >= 0.6 is 24.8 Å². The standard InChI is InChI=1S/C22H28N6O2.2ClH/c1-15-25-26-27-28(15)18-8-11-21(30-3)17(13-18)14-24-20-5-4-12-23-22(20)16-6-9-19(29-2)10-7-16;;/h6-11,13,20,22-24H,4-5,12,14H2,1-3H3;2*1H. The summed E-state index contributed by atoms with van der Waals surface area (Å²) in [5, 5.41) is 19.2. The highest BCUT2D eigenvalue weighted by Gasteiger charge is 2.26. The largest absolute Gasteiger partial charge is 0.497 e. The molecule has 0 amide bonds. The van der Waals surface area contributed by atoms with Gasteiger partial charge in [-0.15, -0.1) is 29.9 Å². The molecular formula is C22H30Cl2N6O2. The highest BCUT2D eigenvalue weighted by molar-refractivity contribution is 5.85. The van der Waals surface area contributed by atoms with Crippen molar-refractivity contribution in [1.82, 2.24) is 30.8 Å². The van der Waals surface area contributed by atoms with E-state index in [4.69, 9.17) is 9.47 Å². The van der Waals surface area contributed by atoms with E-state index in [2.05, 4.69) is 44.4 Å². The third kappa shape index (κ3) is 5.69. The molecule has 1 aliphatic heterocycles. The molecule has 8 nitrogen and oxygen atoms in total. The minimum atomic E-state index is 0. The van der Waals surface area contributed by atoms with E-state index in [0.29, 0.717) is 12.6 Å². The van der Waals surface area contributed by atoms with Gasteiger partial charge in [-0.2, -0.15) is 4.68 Å². The molecule has 32 heavy (non-hydrogen) atoms. The number of hydrogen-bond acceptors (Lipinski definition) is 7. The number of ether oxygens (including phenoxy) is 2. The van der Waals surface area contributed by atoms with Crippen molar-refractivity contribution >= 4 is 24.8 Å². The Kier molecular flexibility index (Phi) is 9.71. The average molecular weight is 481 g/mol. The zero-order valence-electron chi connectivity index (χ0n) is 18.4. The quantitative estimate of drug-likeness (QED) is 0.535. The van der Waals surface area contributed by atoms with Gasteiger partial charge < -0.3 is 20.1 Å². The molecule has 3 aromatic rings. The fourth-order valence-corrected chi connectivity index (χ4v) is 4.02. The van der Waals surface area contributed by atoms with Gasteiger partial charge in [-0.1, -0.05) is 12.1 Å². The maximum atomic E-state index is 5.59. The van der Waals surface area contributed by atoms with Crippen LogP contribution in [0.1, 0.15) is 35.8 Å². The van der Waals surface area contributed by atoms with Gasteiger partial charge in [-0.25, -0.2) is 0 Å². The summed E-state index contributed by atoms with van der Waals surface area (Å²) in [7, 11) is 3.39. The Bertz CT molecular complexity index is 983. The van der Waals surface area contributed by atoms with Crippen molar-refractivity contribution in [3.8, 4) is 17.2 Å². The molecule has 1 aliphatic rings. The molecule has 174 valence electrons. The first-order valence-corrected chi connectivity index (χ1v) is 10.2. The van der Waals surface area contributed by atoms with Crippen LogP contribution in [0.5, 0.6) is 11.5 Å². The van der Waals surface area contributed by atoms with Crippen molar-refractivity contribution < 1.29 is 9.47 Å².